The molecule has 1 unspecified atom stereocenters. The van der Waals surface area contributed by atoms with Gasteiger partial charge in [0.25, 0.3) is 0 Å². The average molecular weight is 210 g/mol. The van der Waals surface area contributed by atoms with E-state index in [1.54, 1.807) is 22.7 Å². The molecule has 0 amide bonds. The van der Waals surface area contributed by atoms with Crippen LogP contribution in [-0.4, -0.2) is 5.11 Å². The standard InChI is InChI=1S/C10H10OS2/c1-7-4-13-6-9(7)10(11)8-2-3-12-5-8/h2-6,10-11H,1H3. The van der Waals surface area contributed by atoms with Crippen LogP contribution in [0, 0.1) is 6.92 Å². The molecule has 0 spiro atoms. The minimum absolute atomic E-state index is 0.447. The van der Waals surface area contributed by atoms with Crippen molar-refractivity contribution < 1.29 is 5.11 Å². The third kappa shape index (κ3) is 1.68. The minimum atomic E-state index is -0.447. The highest BCUT2D eigenvalue weighted by molar-refractivity contribution is 7.08. The van der Waals surface area contributed by atoms with Crippen LogP contribution < -0.4 is 0 Å². The molecule has 1 nitrogen and oxygen atoms in total. The zero-order valence-corrected chi connectivity index (χ0v) is 8.86. The molecule has 3 heteroatoms. The van der Waals surface area contributed by atoms with Crippen molar-refractivity contribution in [3.63, 3.8) is 0 Å². The highest BCUT2D eigenvalue weighted by Crippen LogP contribution is 2.28. The molecule has 2 aromatic heterocycles. The van der Waals surface area contributed by atoms with Gasteiger partial charge in [0.15, 0.2) is 0 Å². The Bertz CT molecular complexity index is 375. The van der Waals surface area contributed by atoms with Gasteiger partial charge < -0.3 is 5.11 Å². The molecule has 0 aliphatic rings. The van der Waals surface area contributed by atoms with E-state index in [4.69, 9.17) is 0 Å². The van der Waals surface area contributed by atoms with Crippen LogP contribution in [0.1, 0.15) is 22.8 Å². The van der Waals surface area contributed by atoms with Crippen LogP contribution in [0.3, 0.4) is 0 Å². The first-order valence-electron chi connectivity index (χ1n) is 4.02. The Morgan fingerprint density at radius 1 is 1.23 bits per heavy atom. The topological polar surface area (TPSA) is 20.2 Å². The van der Waals surface area contributed by atoms with Crippen molar-refractivity contribution in [3.05, 3.63) is 44.3 Å². The van der Waals surface area contributed by atoms with Crippen LogP contribution in [0.2, 0.25) is 0 Å². The predicted molar refractivity (Wildman–Crippen MR) is 57.4 cm³/mol. The van der Waals surface area contributed by atoms with Crippen molar-refractivity contribution in [2.24, 2.45) is 0 Å². The van der Waals surface area contributed by atoms with Gasteiger partial charge in [0.2, 0.25) is 0 Å². The van der Waals surface area contributed by atoms with Crippen LogP contribution in [0.4, 0.5) is 0 Å². The van der Waals surface area contributed by atoms with E-state index in [2.05, 4.69) is 5.38 Å². The minimum Gasteiger partial charge on any atom is -0.384 e. The fourth-order valence-corrected chi connectivity index (χ4v) is 2.81. The third-order valence-corrected chi connectivity index (χ3v) is 3.63. The molecule has 1 atom stereocenters. The van der Waals surface area contributed by atoms with E-state index < -0.39 is 6.10 Å². The second-order valence-corrected chi connectivity index (χ2v) is 4.49. The lowest BCUT2D eigenvalue weighted by Crippen LogP contribution is -1.97. The maximum Gasteiger partial charge on any atom is 0.106 e. The van der Waals surface area contributed by atoms with Crippen LogP contribution >= 0.6 is 22.7 Å². The summed E-state index contributed by atoms with van der Waals surface area (Å²) in [4.78, 5) is 0. The van der Waals surface area contributed by atoms with Crippen LogP contribution in [0.5, 0.6) is 0 Å². The van der Waals surface area contributed by atoms with Crippen molar-refractivity contribution in [2.45, 2.75) is 13.0 Å². The van der Waals surface area contributed by atoms with Crippen molar-refractivity contribution in [2.75, 3.05) is 0 Å². The van der Waals surface area contributed by atoms with Crippen LogP contribution in [0.15, 0.2) is 27.6 Å². The SMILES string of the molecule is Cc1cscc1C(O)c1ccsc1. The third-order valence-electron chi connectivity index (χ3n) is 2.05. The summed E-state index contributed by atoms with van der Waals surface area (Å²) < 4.78 is 0. The Morgan fingerprint density at radius 2 is 2.08 bits per heavy atom. The Morgan fingerprint density at radius 3 is 2.62 bits per heavy atom. The van der Waals surface area contributed by atoms with E-state index in [0.29, 0.717) is 0 Å². The number of rotatable bonds is 2. The summed E-state index contributed by atoms with van der Waals surface area (Å²) in [6.45, 7) is 2.03. The first-order chi connectivity index (χ1) is 6.29. The van der Waals surface area contributed by atoms with Gasteiger partial charge in [0.05, 0.1) is 0 Å². The summed E-state index contributed by atoms with van der Waals surface area (Å²) >= 11 is 3.25. The lowest BCUT2D eigenvalue weighted by Gasteiger charge is -2.07. The molecule has 0 aromatic carbocycles. The lowest BCUT2D eigenvalue weighted by atomic mass is 10.0. The van der Waals surface area contributed by atoms with Gasteiger partial charge in [-0.1, -0.05) is 0 Å². The van der Waals surface area contributed by atoms with Gasteiger partial charge >= 0.3 is 0 Å². The van der Waals surface area contributed by atoms with Gasteiger partial charge in [-0.05, 0) is 51.2 Å². The molecule has 0 aliphatic heterocycles. The number of aryl methyl sites for hydroxylation is 1. The Balaban J connectivity index is 2.33. The second kappa shape index (κ2) is 3.62. The molecule has 2 aromatic rings. The van der Waals surface area contributed by atoms with Gasteiger partial charge in [-0.3, -0.25) is 0 Å². The molecule has 68 valence electrons. The van der Waals surface area contributed by atoms with Gasteiger partial charge in [-0.2, -0.15) is 22.7 Å². The van der Waals surface area contributed by atoms with Crippen molar-refractivity contribution in [3.8, 4) is 0 Å². The van der Waals surface area contributed by atoms with Crippen molar-refractivity contribution in [1.82, 2.24) is 0 Å². The molecule has 13 heavy (non-hydrogen) atoms. The molecule has 0 aliphatic carbocycles. The molecule has 0 saturated heterocycles. The highest BCUT2D eigenvalue weighted by atomic mass is 32.1. The van der Waals surface area contributed by atoms with Crippen molar-refractivity contribution >= 4 is 22.7 Å². The largest absolute Gasteiger partial charge is 0.384 e. The summed E-state index contributed by atoms with van der Waals surface area (Å²) in [5.74, 6) is 0. The number of hydrogen-bond acceptors (Lipinski definition) is 3. The molecular formula is C10H10OS2. The zero-order chi connectivity index (χ0) is 9.26. The summed E-state index contributed by atoms with van der Waals surface area (Å²) in [7, 11) is 0. The summed E-state index contributed by atoms with van der Waals surface area (Å²) in [6.07, 6.45) is -0.447. The maximum absolute atomic E-state index is 9.96. The van der Waals surface area contributed by atoms with Gasteiger partial charge in [0.1, 0.15) is 6.10 Å². The molecular weight excluding hydrogens is 200 g/mol. The van der Waals surface area contributed by atoms with Gasteiger partial charge in [0, 0.05) is 0 Å². The Kier molecular flexibility index (Phi) is 2.49. The van der Waals surface area contributed by atoms with Gasteiger partial charge in [-0.25, -0.2) is 0 Å². The molecule has 2 heterocycles. The van der Waals surface area contributed by atoms with Crippen LogP contribution in [-0.2, 0) is 0 Å². The molecule has 2 rings (SSSR count). The first-order valence-corrected chi connectivity index (χ1v) is 5.90. The van der Waals surface area contributed by atoms with E-state index in [0.717, 1.165) is 11.1 Å². The van der Waals surface area contributed by atoms with Gasteiger partial charge in [-0.15, -0.1) is 0 Å². The summed E-state index contributed by atoms with van der Waals surface area (Å²) in [5, 5.41) is 18.0. The smallest absolute Gasteiger partial charge is 0.106 e. The Labute approximate surface area is 85.3 Å². The summed E-state index contributed by atoms with van der Waals surface area (Å²) in [5.41, 5.74) is 3.19. The van der Waals surface area contributed by atoms with E-state index in [-0.39, 0.29) is 0 Å². The molecule has 0 radical (unpaired) electrons. The monoisotopic (exact) mass is 210 g/mol. The van der Waals surface area contributed by atoms with E-state index in [1.165, 1.54) is 5.56 Å². The predicted octanol–water partition coefficient (Wildman–Crippen LogP) is 3.20. The second-order valence-electron chi connectivity index (χ2n) is 2.97. The fraction of sp³-hybridized carbons (Fsp3) is 0.200. The number of thiophene rings is 2. The highest BCUT2D eigenvalue weighted by Gasteiger charge is 2.13. The van der Waals surface area contributed by atoms with Crippen molar-refractivity contribution in [1.29, 1.82) is 0 Å². The number of aliphatic hydroxyl groups is 1. The fourth-order valence-electron chi connectivity index (χ4n) is 1.26. The number of aliphatic hydroxyl groups excluding tert-OH is 1. The van der Waals surface area contributed by atoms with E-state index in [1.807, 2.05) is 29.1 Å². The molecule has 1 N–H and O–H groups in total. The quantitative estimate of drug-likeness (QED) is 0.807. The van der Waals surface area contributed by atoms with E-state index >= 15 is 0 Å². The molecule has 0 bridgehead atoms. The first kappa shape index (κ1) is 8.94. The Hall–Kier alpha value is -0.640. The average Bonchev–Trinajstić information content (AvgIpc) is 2.72. The summed E-state index contributed by atoms with van der Waals surface area (Å²) in [6, 6.07) is 1.96. The lowest BCUT2D eigenvalue weighted by molar-refractivity contribution is 0.220. The normalized spacial score (nSPS) is 13.1. The molecule has 0 fully saturated rings. The maximum atomic E-state index is 9.96. The zero-order valence-electron chi connectivity index (χ0n) is 7.23. The molecule has 0 saturated carbocycles. The number of hydrogen-bond donors (Lipinski definition) is 1. The van der Waals surface area contributed by atoms with E-state index in [9.17, 15) is 5.11 Å². The van der Waals surface area contributed by atoms with Crippen LogP contribution in [0.25, 0.3) is 0 Å².